The molecule has 0 aliphatic heterocycles. The van der Waals surface area contributed by atoms with E-state index >= 15 is 0 Å². The fourth-order valence-electron chi connectivity index (χ4n) is 1.99. The number of carbonyl (C=O) groups excluding carboxylic acids is 3. The summed E-state index contributed by atoms with van der Waals surface area (Å²) in [6.45, 7) is 6.84. The van der Waals surface area contributed by atoms with Gasteiger partial charge in [-0.3, -0.25) is 9.59 Å². The third kappa shape index (κ3) is 6.14. The monoisotopic (exact) mass is 386 g/mol. The van der Waals surface area contributed by atoms with E-state index in [9.17, 15) is 14.4 Å². The number of rotatable bonds is 6. The van der Waals surface area contributed by atoms with Crippen molar-refractivity contribution in [2.75, 3.05) is 11.9 Å². The van der Waals surface area contributed by atoms with Gasteiger partial charge in [-0.15, -0.1) is 11.3 Å². The number of para-hydroxylation sites is 1. The zero-order chi connectivity index (χ0) is 20.0. The average molecular weight is 386 g/mol. The molecule has 2 rings (SSSR count). The lowest BCUT2D eigenvalue weighted by Crippen LogP contribution is -2.26. The van der Waals surface area contributed by atoms with Gasteiger partial charge in [-0.05, 0) is 25.1 Å². The van der Waals surface area contributed by atoms with Crippen LogP contribution in [0.3, 0.4) is 0 Å². The van der Waals surface area contributed by atoms with Gasteiger partial charge >= 0.3 is 5.97 Å². The first-order valence-corrected chi connectivity index (χ1v) is 9.25. The van der Waals surface area contributed by atoms with Crippen LogP contribution >= 0.6 is 11.3 Å². The predicted octanol–water partition coefficient (Wildman–Crippen LogP) is 3.88. The quantitative estimate of drug-likeness (QED) is 0.602. The highest BCUT2D eigenvalue weighted by Gasteiger charge is 2.23. The number of aryl methyl sites for hydroxylation is 1. The molecule has 0 aliphatic rings. The molecule has 1 heterocycles. The minimum absolute atomic E-state index is 0.182. The Labute approximate surface area is 162 Å². The maximum Gasteiger partial charge on any atom is 0.340 e. The number of ether oxygens (including phenoxy) is 1. The standard InChI is InChI=1S/C20H22N2O4S/c1-13-21-14(12-27-13)9-10-18(24)22-16-8-6-5-7-15(16)19(25)26-11-17(23)20(2,3)4/h5-10,12H,11H2,1-4H3,(H,22,24)/b10-9+. The number of nitrogens with zero attached hydrogens (tertiary/aromatic N) is 1. The molecule has 1 amide bonds. The number of anilines is 1. The van der Waals surface area contributed by atoms with Gasteiger partial charge in [0.1, 0.15) is 0 Å². The van der Waals surface area contributed by atoms with Crippen molar-refractivity contribution in [1.82, 2.24) is 4.98 Å². The zero-order valence-corrected chi connectivity index (χ0v) is 16.6. The van der Waals surface area contributed by atoms with E-state index in [4.69, 9.17) is 4.74 Å². The Hall–Kier alpha value is -2.80. The summed E-state index contributed by atoms with van der Waals surface area (Å²) in [5, 5.41) is 5.40. The third-order valence-electron chi connectivity index (χ3n) is 3.62. The molecule has 1 aromatic heterocycles. The first kappa shape index (κ1) is 20.5. The molecule has 0 atom stereocenters. The Morgan fingerprint density at radius 3 is 2.56 bits per heavy atom. The van der Waals surface area contributed by atoms with Gasteiger partial charge in [0.05, 0.1) is 22.0 Å². The van der Waals surface area contributed by atoms with E-state index in [1.807, 2.05) is 12.3 Å². The van der Waals surface area contributed by atoms with Crippen LogP contribution in [0, 0.1) is 12.3 Å². The first-order valence-electron chi connectivity index (χ1n) is 8.37. The molecular weight excluding hydrogens is 364 g/mol. The van der Waals surface area contributed by atoms with Gasteiger partial charge in [-0.1, -0.05) is 32.9 Å². The first-order chi connectivity index (χ1) is 12.7. The van der Waals surface area contributed by atoms with Crippen molar-refractivity contribution in [3.05, 3.63) is 52.0 Å². The van der Waals surface area contributed by atoms with Crippen LogP contribution in [0.1, 0.15) is 41.8 Å². The molecule has 0 spiro atoms. The number of hydrogen-bond donors (Lipinski definition) is 1. The van der Waals surface area contributed by atoms with E-state index in [2.05, 4.69) is 10.3 Å². The van der Waals surface area contributed by atoms with Gasteiger partial charge in [0.25, 0.3) is 0 Å². The summed E-state index contributed by atoms with van der Waals surface area (Å²) in [7, 11) is 0. The minimum Gasteiger partial charge on any atom is -0.454 e. The van der Waals surface area contributed by atoms with Gasteiger partial charge in [-0.2, -0.15) is 0 Å². The summed E-state index contributed by atoms with van der Waals surface area (Å²) >= 11 is 1.49. The van der Waals surface area contributed by atoms with Crippen LogP contribution in [0.15, 0.2) is 35.7 Å². The van der Waals surface area contributed by atoms with Crippen molar-refractivity contribution in [2.45, 2.75) is 27.7 Å². The molecule has 27 heavy (non-hydrogen) atoms. The van der Waals surface area contributed by atoms with Crippen LogP contribution in [0.2, 0.25) is 0 Å². The van der Waals surface area contributed by atoms with Crippen LogP contribution in [-0.2, 0) is 14.3 Å². The zero-order valence-electron chi connectivity index (χ0n) is 15.7. The predicted molar refractivity (Wildman–Crippen MR) is 106 cm³/mol. The van der Waals surface area contributed by atoms with Crippen LogP contribution < -0.4 is 5.32 Å². The minimum atomic E-state index is -0.664. The van der Waals surface area contributed by atoms with Crippen molar-refractivity contribution < 1.29 is 19.1 Å². The lowest BCUT2D eigenvalue weighted by molar-refractivity contribution is -0.129. The maximum absolute atomic E-state index is 12.3. The van der Waals surface area contributed by atoms with Crippen LogP contribution in [0.25, 0.3) is 6.08 Å². The Balaban J connectivity index is 2.04. The molecule has 2 aromatic rings. The number of ketones is 1. The second kappa shape index (κ2) is 8.73. The fraction of sp³-hybridized carbons (Fsp3) is 0.300. The molecule has 0 fully saturated rings. The van der Waals surface area contributed by atoms with E-state index in [0.29, 0.717) is 11.4 Å². The molecule has 0 unspecified atom stereocenters. The van der Waals surface area contributed by atoms with Gasteiger partial charge in [0.15, 0.2) is 12.4 Å². The number of nitrogens with one attached hydrogen (secondary N) is 1. The molecule has 1 N–H and O–H groups in total. The number of Topliss-reactive ketones (excluding diaryl/α,β-unsaturated/α-hetero) is 1. The van der Waals surface area contributed by atoms with Gasteiger partial charge < -0.3 is 10.1 Å². The van der Waals surface area contributed by atoms with Gasteiger partial charge in [-0.25, -0.2) is 9.78 Å². The highest BCUT2D eigenvalue weighted by atomic mass is 32.1. The number of benzene rings is 1. The largest absolute Gasteiger partial charge is 0.454 e. The second-order valence-corrected chi connectivity index (χ2v) is 7.97. The number of thiazole rings is 1. The number of hydrogen-bond acceptors (Lipinski definition) is 6. The highest BCUT2D eigenvalue weighted by Crippen LogP contribution is 2.18. The topological polar surface area (TPSA) is 85.4 Å². The van der Waals surface area contributed by atoms with Crippen molar-refractivity contribution in [3.63, 3.8) is 0 Å². The lowest BCUT2D eigenvalue weighted by Gasteiger charge is -2.16. The Kier molecular flexibility index (Phi) is 6.63. The molecule has 6 nitrogen and oxygen atoms in total. The molecule has 1 aromatic carbocycles. The number of carbonyl (C=O) groups is 3. The van der Waals surface area contributed by atoms with E-state index in [-0.39, 0.29) is 18.0 Å². The molecule has 0 saturated carbocycles. The number of aromatic nitrogens is 1. The molecule has 0 bridgehead atoms. The average Bonchev–Trinajstić information content (AvgIpc) is 3.02. The summed E-state index contributed by atoms with van der Waals surface area (Å²) in [6, 6.07) is 6.49. The van der Waals surface area contributed by atoms with E-state index in [0.717, 1.165) is 5.01 Å². The normalized spacial score (nSPS) is 11.4. The SMILES string of the molecule is Cc1nc(/C=C/C(=O)Nc2ccccc2C(=O)OCC(=O)C(C)(C)C)cs1. The molecule has 0 radical (unpaired) electrons. The Morgan fingerprint density at radius 1 is 1.22 bits per heavy atom. The molecular formula is C20H22N2O4S. The van der Waals surface area contributed by atoms with Crippen LogP contribution in [0.5, 0.6) is 0 Å². The lowest BCUT2D eigenvalue weighted by atomic mass is 9.91. The van der Waals surface area contributed by atoms with Crippen LogP contribution in [-0.4, -0.2) is 29.3 Å². The Morgan fingerprint density at radius 2 is 1.93 bits per heavy atom. The van der Waals surface area contributed by atoms with E-state index in [1.165, 1.54) is 23.5 Å². The summed E-state index contributed by atoms with van der Waals surface area (Å²) in [5.74, 6) is -1.24. The summed E-state index contributed by atoms with van der Waals surface area (Å²) < 4.78 is 5.10. The van der Waals surface area contributed by atoms with Crippen LogP contribution in [0.4, 0.5) is 5.69 Å². The summed E-state index contributed by atoms with van der Waals surface area (Å²) in [4.78, 5) is 40.6. The van der Waals surface area contributed by atoms with Gasteiger partial charge in [0.2, 0.25) is 5.91 Å². The molecule has 7 heteroatoms. The summed E-state index contributed by atoms with van der Waals surface area (Å²) in [6.07, 6.45) is 2.95. The van der Waals surface area contributed by atoms with Crippen molar-refractivity contribution >= 4 is 40.8 Å². The van der Waals surface area contributed by atoms with Crippen molar-refractivity contribution in [1.29, 1.82) is 0 Å². The summed E-state index contributed by atoms with van der Waals surface area (Å²) in [5.41, 5.74) is 0.605. The Bertz CT molecular complexity index is 878. The third-order valence-corrected chi connectivity index (χ3v) is 4.41. The van der Waals surface area contributed by atoms with Crippen molar-refractivity contribution in [3.8, 4) is 0 Å². The highest BCUT2D eigenvalue weighted by molar-refractivity contribution is 7.09. The van der Waals surface area contributed by atoms with E-state index < -0.39 is 17.3 Å². The van der Waals surface area contributed by atoms with E-state index in [1.54, 1.807) is 45.0 Å². The smallest absolute Gasteiger partial charge is 0.340 e. The molecule has 0 aliphatic carbocycles. The van der Waals surface area contributed by atoms with Crippen molar-refractivity contribution in [2.24, 2.45) is 5.41 Å². The second-order valence-electron chi connectivity index (χ2n) is 6.91. The molecule has 142 valence electrons. The number of amides is 1. The number of esters is 1. The molecule has 0 saturated heterocycles. The van der Waals surface area contributed by atoms with Gasteiger partial charge in [0, 0.05) is 16.9 Å². The maximum atomic E-state index is 12.3. The fourth-order valence-corrected chi connectivity index (χ4v) is 2.57.